The lowest BCUT2D eigenvalue weighted by molar-refractivity contribution is -0.699. The maximum atomic E-state index is 5.94. The fourth-order valence-corrected chi connectivity index (χ4v) is 5.23. The molecule has 31 heavy (non-hydrogen) atoms. The molecule has 2 aromatic rings. The number of hydrogen-bond donors (Lipinski definition) is 1. The molecule has 7 nitrogen and oxygen atoms in total. The molecule has 1 saturated heterocycles. The van der Waals surface area contributed by atoms with Crippen molar-refractivity contribution in [3.63, 3.8) is 0 Å². The zero-order chi connectivity index (χ0) is 21.4. The Labute approximate surface area is 182 Å². The second-order valence-electron chi connectivity index (χ2n) is 8.35. The Morgan fingerprint density at radius 3 is 2.10 bits per heavy atom. The standard InChI is InChI=1S/C24H29NO6/c1-26-20-10-15(11-21(27-2)23(20)28-3)22-16-12-18-19(31-9-8-30-18)13-17(16)24(14-25-22)4-6-29-7-5-24/h10-13,22,25H,4-9,14H2,1-3H3/p+1/t22-/m1/s1. The minimum absolute atomic E-state index is 0.0839. The van der Waals surface area contributed by atoms with Gasteiger partial charge in [0.1, 0.15) is 19.3 Å². The summed E-state index contributed by atoms with van der Waals surface area (Å²) in [6.45, 7) is 3.73. The molecule has 0 bridgehead atoms. The molecule has 3 aliphatic rings. The van der Waals surface area contributed by atoms with Crippen LogP contribution in [0.3, 0.4) is 0 Å². The molecule has 0 aromatic heterocycles. The molecule has 2 N–H and O–H groups in total. The topological polar surface area (TPSA) is 72.0 Å². The Balaban J connectivity index is 1.66. The van der Waals surface area contributed by atoms with E-state index in [1.165, 1.54) is 11.1 Å². The smallest absolute Gasteiger partial charge is 0.203 e. The number of methoxy groups -OCH3 is 3. The summed E-state index contributed by atoms with van der Waals surface area (Å²) in [5.74, 6) is 3.60. The van der Waals surface area contributed by atoms with Crippen molar-refractivity contribution in [2.24, 2.45) is 0 Å². The van der Waals surface area contributed by atoms with Gasteiger partial charge in [0.15, 0.2) is 23.0 Å². The van der Waals surface area contributed by atoms with E-state index in [-0.39, 0.29) is 11.5 Å². The Morgan fingerprint density at radius 2 is 1.48 bits per heavy atom. The zero-order valence-electron chi connectivity index (χ0n) is 18.4. The average Bonchev–Trinajstić information content (AvgIpc) is 2.83. The molecule has 0 aliphatic carbocycles. The summed E-state index contributed by atoms with van der Waals surface area (Å²) in [7, 11) is 4.93. The lowest BCUT2D eigenvalue weighted by atomic mass is 9.68. The Morgan fingerprint density at radius 1 is 0.839 bits per heavy atom. The number of fused-ring (bicyclic) bond motifs is 3. The number of rotatable bonds is 4. The van der Waals surface area contributed by atoms with E-state index in [1.54, 1.807) is 21.3 Å². The van der Waals surface area contributed by atoms with Crippen LogP contribution in [0.15, 0.2) is 24.3 Å². The molecule has 1 atom stereocenters. The Kier molecular flexibility index (Phi) is 5.32. The first-order valence-corrected chi connectivity index (χ1v) is 10.8. The molecular weight excluding hydrogens is 398 g/mol. The second-order valence-corrected chi connectivity index (χ2v) is 8.35. The quantitative estimate of drug-likeness (QED) is 0.805. The number of ether oxygens (including phenoxy) is 6. The third-order valence-corrected chi connectivity index (χ3v) is 6.86. The van der Waals surface area contributed by atoms with Crippen LogP contribution in [-0.2, 0) is 10.2 Å². The average molecular weight is 429 g/mol. The van der Waals surface area contributed by atoms with Gasteiger partial charge in [-0.3, -0.25) is 0 Å². The van der Waals surface area contributed by atoms with Gasteiger partial charge in [0.25, 0.3) is 0 Å². The van der Waals surface area contributed by atoms with E-state index in [9.17, 15) is 0 Å². The van der Waals surface area contributed by atoms with Crippen molar-refractivity contribution in [1.29, 1.82) is 0 Å². The summed E-state index contributed by atoms with van der Waals surface area (Å²) in [6.07, 6.45) is 2.02. The summed E-state index contributed by atoms with van der Waals surface area (Å²) in [5, 5.41) is 2.42. The highest BCUT2D eigenvalue weighted by Gasteiger charge is 2.45. The fourth-order valence-electron chi connectivity index (χ4n) is 5.23. The van der Waals surface area contributed by atoms with Crippen LogP contribution in [-0.4, -0.2) is 54.3 Å². The molecule has 5 rings (SSSR count). The molecule has 7 heteroatoms. The summed E-state index contributed by atoms with van der Waals surface area (Å²) >= 11 is 0. The molecule has 3 heterocycles. The first-order valence-electron chi connectivity index (χ1n) is 10.8. The highest BCUT2D eigenvalue weighted by molar-refractivity contribution is 5.58. The van der Waals surface area contributed by atoms with Crippen molar-refractivity contribution >= 4 is 0 Å². The monoisotopic (exact) mass is 428 g/mol. The van der Waals surface area contributed by atoms with Gasteiger partial charge in [-0.2, -0.15) is 0 Å². The van der Waals surface area contributed by atoms with Gasteiger partial charge in [0, 0.05) is 29.8 Å². The molecule has 1 fully saturated rings. The van der Waals surface area contributed by atoms with E-state index in [4.69, 9.17) is 28.4 Å². The van der Waals surface area contributed by atoms with E-state index >= 15 is 0 Å². The van der Waals surface area contributed by atoms with E-state index in [0.717, 1.165) is 49.7 Å². The van der Waals surface area contributed by atoms with Gasteiger partial charge in [0.05, 0.1) is 27.9 Å². The fraction of sp³-hybridized carbons (Fsp3) is 0.500. The van der Waals surface area contributed by atoms with Gasteiger partial charge < -0.3 is 33.7 Å². The van der Waals surface area contributed by atoms with E-state index in [1.807, 2.05) is 12.1 Å². The van der Waals surface area contributed by atoms with Crippen molar-refractivity contribution in [1.82, 2.24) is 0 Å². The van der Waals surface area contributed by atoms with Crippen LogP contribution in [0.25, 0.3) is 0 Å². The summed E-state index contributed by atoms with van der Waals surface area (Å²) in [5.41, 5.74) is 3.79. The molecule has 166 valence electrons. The molecule has 0 unspecified atom stereocenters. The predicted molar refractivity (Wildman–Crippen MR) is 114 cm³/mol. The minimum Gasteiger partial charge on any atom is -0.493 e. The van der Waals surface area contributed by atoms with Crippen molar-refractivity contribution < 1.29 is 33.7 Å². The molecule has 1 spiro atoms. The zero-order valence-corrected chi connectivity index (χ0v) is 18.4. The van der Waals surface area contributed by atoms with Gasteiger partial charge in [-0.15, -0.1) is 0 Å². The normalized spacial score (nSPS) is 21.3. The van der Waals surface area contributed by atoms with E-state index in [2.05, 4.69) is 17.4 Å². The van der Waals surface area contributed by atoms with Crippen LogP contribution in [0, 0.1) is 0 Å². The molecular formula is C24H30NO6+. The van der Waals surface area contributed by atoms with Gasteiger partial charge in [0.2, 0.25) is 5.75 Å². The predicted octanol–water partition coefficient (Wildman–Crippen LogP) is 2.20. The SMILES string of the molecule is COc1cc([C@H]2[NH2+]CC3(CCOCC3)c3cc4c(cc32)OCCO4)cc(OC)c1OC. The third kappa shape index (κ3) is 3.36. The largest absolute Gasteiger partial charge is 0.493 e. The number of hydrogen-bond acceptors (Lipinski definition) is 6. The summed E-state index contributed by atoms with van der Waals surface area (Å²) in [4.78, 5) is 0. The molecule has 0 radical (unpaired) electrons. The van der Waals surface area contributed by atoms with Gasteiger partial charge in [-0.1, -0.05) is 0 Å². The second kappa shape index (κ2) is 8.13. The maximum absolute atomic E-state index is 5.94. The highest BCUT2D eigenvalue weighted by atomic mass is 16.6. The number of nitrogens with two attached hydrogens (primary N) is 1. The van der Waals surface area contributed by atoms with Gasteiger partial charge in [-0.05, 0) is 42.7 Å². The van der Waals surface area contributed by atoms with E-state index in [0.29, 0.717) is 30.5 Å². The van der Waals surface area contributed by atoms with Crippen LogP contribution in [0.5, 0.6) is 28.7 Å². The molecule has 2 aromatic carbocycles. The summed E-state index contributed by atoms with van der Waals surface area (Å²) < 4.78 is 34.4. The van der Waals surface area contributed by atoms with Crippen molar-refractivity contribution in [2.45, 2.75) is 24.3 Å². The summed E-state index contributed by atoms with van der Waals surface area (Å²) in [6, 6.07) is 8.57. The highest BCUT2D eigenvalue weighted by Crippen LogP contribution is 2.47. The van der Waals surface area contributed by atoms with Gasteiger partial charge >= 0.3 is 0 Å². The Hall–Kier alpha value is -2.64. The minimum atomic E-state index is 0.0839. The number of quaternary nitrogens is 1. The maximum Gasteiger partial charge on any atom is 0.203 e. The van der Waals surface area contributed by atoms with Crippen molar-refractivity contribution in [3.05, 3.63) is 41.0 Å². The van der Waals surface area contributed by atoms with Crippen LogP contribution in [0.1, 0.15) is 35.6 Å². The molecule has 0 saturated carbocycles. The first-order chi connectivity index (χ1) is 15.2. The number of benzene rings is 2. The molecule has 0 amide bonds. The van der Waals surface area contributed by atoms with Crippen LogP contribution < -0.4 is 29.0 Å². The third-order valence-electron chi connectivity index (χ3n) is 6.86. The lowest BCUT2D eigenvalue weighted by Crippen LogP contribution is -2.91. The van der Waals surface area contributed by atoms with Gasteiger partial charge in [-0.25, -0.2) is 0 Å². The van der Waals surface area contributed by atoms with Crippen molar-refractivity contribution in [2.75, 3.05) is 54.3 Å². The first kappa shape index (κ1) is 20.3. The Bertz CT molecular complexity index is 944. The van der Waals surface area contributed by atoms with Crippen molar-refractivity contribution in [3.8, 4) is 28.7 Å². The van der Waals surface area contributed by atoms with Crippen LogP contribution in [0.2, 0.25) is 0 Å². The lowest BCUT2D eigenvalue weighted by Gasteiger charge is -2.43. The van der Waals surface area contributed by atoms with Crippen LogP contribution >= 0.6 is 0 Å². The van der Waals surface area contributed by atoms with Crippen LogP contribution in [0.4, 0.5) is 0 Å². The van der Waals surface area contributed by atoms with E-state index < -0.39 is 0 Å². The molecule has 3 aliphatic heterocycles.